The molecule has 0 aromatic rings. The first-order chi connectivity index (χ1) is 10.7. The van der Waals surface area contributed by atoms with Crippen molar-refractivity contribution in [3.8, 4) is 0 Å². The van der Waals surface area contributed by atoms with E-state index in [2.05, 4.69) is 34.4 Å². The molecule has 0 aromatic carbocycles. The molecule has 7 heteroatoms. The van der Waals surface area contributed by atoms with Gasteiger partial charge >= 0.3 is 0 Å². The summed E-state index contributed by atoms with van der Waals surface area (Å²) >= 11 is 0. The van der Waals surface area contributed by atoms with Gasteiger partial charge in [0.25, 0.3) is 0 Å². The molecule has 6 nitrogen and oxygen atoms in total. The van der Waals surface area contributed by atoms with Crippen LogP contribution in [-0.2, 0) is 9.84 Å². The third kappa shape index (κ3) is 8.55. The standard InChI is InChI=1S/C16H34N4O2S/c1-13(2)12-20-9-6-7-15(20)11-18-16(17-4)19-14(3)8-10-23(5,21)22/h13-15H,6-12H2,1-5H3,(H2,17,18,19)/t14?,15-/m1/s1. The smallest absolute Gasteiger partial charge is 0.191 e. The Bertz CT molecular complexity index is 476. The average molecular weight is 347 g/mol. The van der Waals surface area contributed by atoms with E-state index >= 15 is 0 Å². The monoisotopic (exact) mass is 346 g/mol. The second-order valence-electron chi connectivity index (χ2n) is 7.10. The zero-order chi connectivity index (χ0) is 17.5. The number of nitrogens with one attached hydrogen (secondary N) is 2. The summed E-state index contributed by atoms with van der Waals surface area (Å²) in [4.78, 5) is 6.80. The molecule has 0 bridgehead atoms. The first-order valence-electron chi connectivity index (χ1n) is 8.60. The summed E-state index contributed by atoms with van der Waals surface area (Å²) in [5, 5.41) is 6.67. The van der Waals surface area contributed by atoms with Gasteiger partial charge in [-0.25, -0.2) is 8.42 Å². The number of aliphatic imine (C=N–C) groups is 1. The molecule has 1 saturated heterocycles. The van der Waals surface area contributed by atoms with Gasteiger partial charge in [0, 0.05) is 38.5 Å². The summed E-state index contributed by atoms with van der Waals surface area (Å²) in [5.74, 6) is 1.63. The molecule has 0 radical (unpaired) electrons. The van der Waals surface area contributed by atoms with Gasteiger partial charge in [-0.1, -0.05) is 13.8 Å². The maximum Gasteiger partial charge on any atom is 0.191 e. The van der Waals surface area contributed by atoms with Crippen LogP contribution in [0.3, 0.4) is 0 Å². The first-order valence-corrected chi connectivity index (χ1v) is 10.7. The third-order valence-electron chi connectivity index (χ3n) is 4.13. The lowest BCUT2D eigenvalue weighted by atomic mass is 10.1. The molecule has 0 aromatic heterocycles. The van der Waals surface area contributed by atoms with E-state index in [9.17, 15) is 8.42 Å². The Hall–Kier alpha value is -0.820. The van der Waals surface area contributed by atoms with Crippen molar-refractivity contribution in [2.45, 2.75) is 52.1 Å². The van der Waals surface area contributed by atoms with Crippen LogP contribution in [0.25, 0.3) is 0 Å². The van der Waals surface area contributed by atoms with Crippen LogP contribution >= 0.6 is 0 Å². The van der Waals surface area contributed by atoms with Crippen molar-refractivity contribution in [2.75, 3.05) is 38.7 Å². The van der Waals surface area contributed by atoms with Gasteiger partial charge in [0.1, 0.15) is 9.84 Å². The fraction of sp³-hybridized carbons (Fsp3) is 0.938. The van der Waals surface area contributed by atoms with Crippen LogP contribution in [0.1, 0.15) is 40.0 Å². The van der Waals surface area contributed by atoms with Crippen molar-refractivity contribution < 1.29 is 8.42 Å². The van der Waals surface area contributed by atoms with Crippen LogP contribution in [0.2, 0.25) is 0 Å². The Labute approximate surface area is 142 Å². The largest absolute Gasteiger partial charge is 0.355 e. The molecular weight excluding hydrogens is 312 g/mol. The number of nitrogens with zero attached hydrogens (tertiary/aromatic N) is 2. The van der Waals surface area contributed by atoms with Crippen molar-refractivity contribution in [1.29, 1.82) is 0 Å². The molecule has 23 heavy (non-hydrogen) atoms. The normalized spacial score (nSPS) is 21.7. The topological polar surface area (TPSA) is 73.8 Å². The highest BCUT2D eigenvalue weighted by Gasteiger charge is 2.24. The van der Waals surface area contributed by atoms with Gasteiger partial charge in [-0.15, -0.1) is 0 Å². The quantitative estimate of drug-likeness (QED) is 0.508. The lowest BCUT2D eigenvalue weighted by Gasteiger charge is -2.27. The zero-order valence-electron chi connectivity index (χ0n) is 15.3. The molecule has 0 amide bonds. The number of hydrogen-bond donors (Lipinski definition) is 2. The molecule has 1 heterocycles. The van der Waals surface area contributed by atoms with Crippen LogP contribution in [0, 0.1) is 5.92 Å². The number of hydrogen-bond acceptors (Lipinski definition) is 4. The molecule has 136 valence electrons. The highest BCUT2D eigenvalue weighted by atomic mass is 32.2. The summed E-state index contributed by atoms with van der Waals surface area (Å²) in [6.07, 6.45) is 4.34. The molecule has 1 aliphatic rings. The Kier molecular flexibility index (Phi) is 8.33. The fourth-order valence-corrected chi connectivity index (χ4v) is 3.72. The number of likely N-dealkylation sites (tertiary alicyclic amines) is 1. The summed E-state index contributed by atoms with van der Waals surface area (Å²) in [7, 11) is -1.16. The summed E-state index contributed by atoms with van der Waals surface area (Å²) in [5.41, 5.74) is 0. The lowest BCUT2D eigenvalue weighted by Crippen LogP contribution is -2.48. The Balaban J connectivity index is 2.39. The van der Waals surface area contributed by atoms with Gasteiger partial charge in [-0.3, -0.25) is 9.89 Å². The minimum Gasteiger partial charge on any atom is -0.355 e. The second kappa shape index (κ2) is 9.47. The van der Waals surface area contributed by atoms with Gasteiger partial charge in [-0.2, -0.15) is 0 Å². The van der Waals surface area contributed by atoms with Gasteiger partial charge < -0.3 is 10.6 Å². The summed E-state index contributed by atoms with van der Waals surface area (Å²) in [6.45, 7) is 9.70. The van der Waals surface area contributed by atoms with Crippen molar-refractivity contribution in [3.63, 3.8) is 0 Å². The number of rotatable bonds is 8. The van der Waals surface area contributed by atoms with E-state index in [1.54, 1.807) is 7.05 Å². The van der Waals surface area contributed by atoms with Gasteiger partial charge in [-0.05, 0) is 38.6 Å². The SMILES string of the molecule is CN=C(NC[C@H]1CCCN1CC(C)C)NC(C)CCS(C)(=O)=O. The number of sulfone groups is 1. The van der Waals surface area contributed by atoms with Crippen molar-refractivity contribution >= 4 is 15.8 Å². The van der Waals surface area contributed by atoms with Gasteiger partial charge in [0.05, 0.1) is 5.75 Å². The molecule has 2 atom stereocenters. The van der Waals surface area contributed by atoms with Crippen molar-refractivity contribution in [1.82, 2.24) is 15.5 Å². The van der Waals surface area contributed by atoms with Crippen molar-refractivity contribution in [3.05, 3.63) is 0 Å². The van der Waals surface area contributed by atoms with Crippen LogP contribution in [-0.4, -0.2) is 70.1 Å². The number of guanidine groups is 1. The third-order valence-corrected chi connectivity index (χ3v) is 5.11. The van der Waals surface area contributed by atoms with Gasteiger partial charge in [0.2, 0.25) is 0 Å². The van der Waals surface area contributed by atoms with E-state index < -0.39 is 9.84 Å². The lowest BCUT2D eigenvalue weighted by molar-refractivity contribution is 0.226. The molecule has 1 fully saturated rings. The minimum absolute atomic E-state index is 0.0753. The molecule has 0 saturated carbocycles. The van der Waals surface area contributed by atoms with Gasteiger partial charge in [0.15, 0.2) is 5.96 Å². The molecule has 2 N–H and O–H groups in total. The summed E-state index contributed by atoms with van der Waals surface area (Å²) in [6, 6.07) is 0.633. The zero-order valence-corrected chi connectivity index (χ0v) is 16.1. The molecule has 0 spiro atoms. The van der Waals surface area contributed by atoms with Crippen LogP contribution in [0.5, 0.6) is 0 Å². The fourth-order valence-electron chi connectivity index (χ4n) is 2.94. The molecular formula is C16H34N4O2S. The molecule has 1 aliphatic heterocycles. The summed E-state index contributed by atoms with van der Waals surface area (Å²) < 4.78 is 22.5. The minimum atomic E-state index is -2.91. The maximum absolute atomic E-state index is 11.2. The van der Waals surface area contributed by atoms with Crippen molar-refractivity contribution in [2.24, 2.45) is 10.9 Å². The van der Waals surface area contributed by atoms with Crippen LogP contribution in [0.4, 0.5) is 0 Å². The highest BCUT2D eigenvalue weighted by molar-refractivity contribution is 7.90. The molecule has 0 aliphatic carbocycles. The predicted molar refractivity (Wildman–Crippen MR) is 97.7 cm³/mol. The Morgan fingerprint density at radius 2 is 2.04 bits per heavy atom. The van der Waals surface area contributed by atoms with E-state index in [0.29, 0.717) is 18.4 Å². The van der Waals surface area contributed by atoms with E-state index in [0.717, 1.165) is 19.0 Å². The second-order valence-corrected chi connectivity index (χ2v) is 9.36. The maximum atomic E-state index is 11.2. The van der Waals surface area contributed by atoms with E-state index in [1.165, 1.54) is 25.6 Å². The Morgan fingerprint density at radius 1 is 1.35 bits per heavy atom. The van der Waals surface area contributed by atoms with E-state index in [-0.39, 0.29) is 11.8 Å². The molecule has 1 unspecified atom stereocenters. The van der Waals surface area contributed by atoms with E-state index in [1.807, 2.05) is 6.92 Å². The highest BCUT2D eigenvalue weighted by Crippen LogP contribution is 2.17. The average Bonchev–Trinajstić information content (AvgIpc) is 2.87. The first kappa shape index (κ1) is 20.2. The van der Waals surface area contributed by atoms with E-state index in [4.69, 9.17) is 0 Å². The Morgan fingerprint density at radius 3 is 2.61 bits per heavy atom. The predicted octanol–water partition coefficient (Wildman–Crippen LogP) is 1.10. The van der Waals surface area contributed by atoms with Crippen LogP contribution in [0.15, 0.2) is 4.99 Å². The molecule has 1 rings (SSSR count). The van der Waals surface area contributed by atoms with Crippen LogP contribution < -0.4 is 10.6 Å².